The molecule has 0 fully saturated rings. The van der Waals surface area contributed by atoms with Crippen LogP contribution in [0.25, 0.3) is 10.2 Å². The lowest BCUT2D eigenvalue weighted by atomic mass is 10.0. The molecule has 29 heavy (non-hydrogen) atoms. The van der Waals surface area contributed by atoms with Crippen LogP contribution in [0.15, 0.2) is 33.5 Å². The summed E-state index contributed by atoms with van der Waals surface area (Å²) in [7, 11) is 0. The Bertz CT molecular complexity index is 1080. The number of H-pyrrole nitrogens is 1. The average Bonchev–Trinajstić information content (AvgIpc) is 2.98. The van der Waals surface area contributed by atoms with E-state index in [0.29, 0.717) is 17.0 Å². The van der Waals surface area contributed by atoms with Crippen molar-refractivity contribution in [2.24, 2.45) is 0 Å². The maximum Gasteiger partial charge on any atom is 0.259 e. The Morgan fingerprint density at radius 2 is 2.00 bits per heavy atom. The summed E-state index contributed by atoms with van der Waals surface area (Å²) in [4.78, 5) is 34.4. The molecule has 0 bridgehead atoms. The first-order valence-corrected chi connectivity index (χ1v) is 12.1. The fraction of sp³-hybridized carbons (Fsp3) is 0.381. The predicted molar refractivity (Wildman–Crippen MR) is 126 cm³/mol. The third-order valence-electron chi connectivity index (χ3n) is 4.92. The Kier molecular flexibility index (Phi) is 7.19. The zero-order valence-corrected chi connectivity index (χ0v) is 20.1. The second-order valence-corrected chi connectivity index (χ2v) is 10.4. The lowest BCUT2D eigenvalue weighted by Gasteiger charge is -2.20. The van der Waals surface area contributed by atoms with Crippen molar-refractivity contribution in [1.29, 1.82) is 0 Å². The molecule has 8 heteroatoms. The third-order valence-corrected chi connectivity index (χ3v) is 7.71. The van der Waals surface area contributed by atoms with Gasteiger partial charge in [0.2, 0.25) is 5.91 Å². The molecule has 3 aromatic rings. The molecule has 3 rings (SSSR count). The highest BCUT2D eigenvalue weighted by Crippen LogP contribution is 2.27. The van der Waals surface area contributed by atoms with Gasteiger partial charge in [-0.2, -0.15) is 0 Å². The van der Waals surface area contributed by atoms with E-state index in [1.54, 1.807) is 0 Å². The minimum absolute atomic E-state index is 0.0176. The largest absolute Gasteiger partial charge is 0.348 e. The summed E-state index contributed by atoms with van der Waals surface area (Å²) in [6, 6.07) is 7.98. The first-order valence-electron chi connectivity index (χ1n) is 9.46. The van der Waals surface area contributed by atoms with Gasteiger partial charge in [0, 0.05) is 9.35 Å². The Labute approximate surface area is 186 Å². The molecule has 0 radical (unpaired) electrons. The van der Waals surface area contributed by atoms with Crippen molar-refractivity contribution in [2.75, 3.05) is 0 Å². The topological polar surface area (TPSA) is 74.8 Å². The molecule has 1 aromatic carbocycles. The van der Waals surface area contributed by atoms with Crippen molar-refractivity contribution in [3.63, 3.8) is 0 Å². The maximum atomic E-state index is 12.7. The third kappa shape index (κ3) is 5.10. The number of nitrogens with one attached hydrogen (secondary N) is 2. The molecule has 2 atom stereocenters. The molecule has 2 unspecified atom stereocenters. The van der Waals surface area contributed by atoms with Crippen LogP contribution in [0.3, 0.4) is 0 Å². The molecule has 2 aromatic heterocycles. The van der Waals surface area contributed by atoms with E-state index in [9.17, 15) is 9.59 Å². The predicted octanol–water partition coefficient (Wildman–Crippen LogP) is 5.25. The number of thioether (sulfide) groups is 1. The number of nitrogens with zero attached hydrogens (tertiary/aromatic N) is 1. The van der Waals surface area contributed by atoms with Crippen LogP contribution >= 0.6 is 39.0 Å². The molecule has 0 aliphatic carbocycles. The normalized spacial score (nSPS) is 13.4. The van der Waals surface area contributed by atoms with Gasteiger partial charge >= 0.3 is 0 Å². The standard InChI is InChI=1S/C21H24BrN3O2S2/c1-5-16(14-6-8-15(22)9-7-14)23-19(26)13(4)28-10-17-24-20(27)18-11(2)12(3)29-21(18)25-17/h6-9,13,16H,5,10H2,1-4H3,(H,23,26)(H,24,25,27). The van der Waals surface area contributed by atoms with Crippen molar-refractivity contribution in [1.82, 2.24) is 15.3 Å². The van der Waals surface area contributed by atoms with Gasteiger partial charge in [0.1, 0.15) is 10.7 Å². The molecule has 0 aliphatic rings. The highest BCUT2D eigenvalue weighted by Gasteiger charge is 2.19. The Hall–Kier alpha value is -1.64. The Morgan fingerprint density at radius 3 is 2.66 bits per heavy atom. The second kappa shape index (κ2) is 9.45. The van der Waals surface area contributed by atoms with Gasteiger partial charge in [-0.15, -0.1) is 23.1 Å². The lowest BCUT2D eigenvalue weighted by Crippen LogP contribution is -2.34. The number of carbonyl (C=O) groups excluding carboxylic acids is 1. The maximum absolute atomic E-state index is 12.7. The van der Waals surface area contributed by atoms with Gasteiger partial charge in [0.05, 0.1) is 22.4 Å². The zero-order valence-electron chi connectivity index (χ0n) is 16.8. The number of aromatic nitrogens is 2. The molecule has 0 saturated heterocycles. The molecule has 1 amide bonds. The van der Waals surface area contributed by atoms with E-state index < -0.39 is 0 Å². The molecule has 0 aliphatic heterocycles. The van der Waals surface area contributed by atoms with Crippen molar-refractivity contribution in [3.8, 4) is 0 Å². The van der Waals surface area contributed by atoms with Crippen LogP contribution in [-0.2, 0) is 10.5 Å². The van der Waals surface area contributed by atoms with Gasteiger partial charge in [-0.1, -0.05) is 35.0 Å². The number of halogens is 1. The van der Waals surface area contributed by atoms with Gasteiger partial charge in [-0.3, -0.25) is 9.59 Å². The molecule has 5 nitrogen and oxygen atoms in total. The summed E-state index contributed by atoms with van der Waals surface area (Å²) in [5.74, 6) is 1.06. The van der Waals surface area contributed by atoms with Crippen LogP contribution < -0.4 is 10.9 Å². The molecule has 154 valence electrons. The van der Waals surface area contributed by atoms with Crippen LogP contribution in [0, 0.1) is 13.8 Å². The molecule has 2 heterocycles. The number of hydrogen-bond donors (Lipinski definition) is 2. The van der Waals surface area contributed by atoms with E-state index in [2.05, 4.69) is 38.1 Å². The highest BCUT2D eigenvalue weighted by molar-refractivity contribution is 9.10. The Morgan fingerprint density at radius 1 is 1.31 bits per heavy atom. The van der Waals surface area contributed by atoms with Crippen LogP contribution in [-0.4, -0.2) is 21.1 Å². The summed E-state index contributed by atoms with van der Waals surface area (Å²) in [6.45, 7) is 7.88. The van der Waals surface area contributed by atoms with Crippen LogP contribution in [0.2, 0.25) is 0 Å². The van der Waals surface area contributed by atoms with Gasteiger partial charge in [0.25, 0.3) is 5.56 Å². The highest BCUT2D eigenvalue weighted by atomic mass is 79.9. The van der Waals surface area contributed by atoms with Gasteiger partial charge in [-0.25, -0.2) is 4.98 Å². The number of rotatable bonds is 7. The van der Waals surface area contributed by atoms with E-state index in [0.717, 1.165) is 31.7 Å². The first-order chi connectivity index (χ1) is 13.8. The molecule has 0 spiro atoms. The number of carbonyl (C=O) groups is 1. The van der Waals surface area contributed by atoms with E-state index in [1.807, 2.05) is 45.0 Å². The number of hydrogen-bond acceptors (Lipinski definition) is 5. The fourth-order valence-corrected chi connectivity index (χ4v) is 5.13. The monoisotopic (exact) mass is 493 g/mol. The number of thiophene rings is 1. The van der Waals surface area contributed by atoms with Gasteiger partial charge in [-0.05, 0) is 50.5 Å². The second-order valence-electron chi connectivity index (χ2n) is 6.95. The molecule has 0 saturated carbocycles. The molecule has 2 N–H and O–H groups in total. The van der Waals surface area contributed by atoms with Crippen molar-refractivity contribution >= 4 is 55.2 Å². The van der Waals surface area contributed by atoms with Gasteiger partial charge < -0.3 is 10.3 Å². The zero-order chi connectivity index (χ0) is 21.1. The summed E-state index contributed by atoms with van der Waals surface area (Å²) in [5, 5.41) is 3.54. The summed E-state index contributed by atoms with van der Waals surface area (Å²) < 4.78 is 1.01. The van der Waals surface area contributed by atoms with Crippen molar-refractivity contribution in [2.45, 2.75) is 51.2 Å². The smallest absolute Gasteiger partial charge is 0.259 e. The number of benzene rings is 1. The van der Waals surface area contributed by atoms with Gasteiger partial charge in [0.15, 0.2) is 0 Å². The lowest BCUT2D eigenvalue weighted by molar-refractivity contribution is -0.121. The van der Waals surface area contributed by atoms with Crippen LogP contribution in [0.4, 0.5) is 0 Å². The molecular formula is C21H24BrN3O2S2. The van der Waals surface area contributed by atoms with E-state index >= 15 is 0 Å². The van der Waals surface area contributed by atoms with E-state index in [-0.39, 0.29) is 22.8 Å². The minimum Gasteiger partial charge on any atom is -0.348 e. The number of aromatic amines is 1. The fourth-order valence-electron chi connectivity index (χ4n) is 3.05. The summed E-state index contributed by atoms with van der Waals surface area (Å²) in [5.41, 5.74) is 1.97. The van der Waals surface area contributed by atoms with Crippen molar-refractivity contribution in [3.05, 3.63) is 60.9 Å². The quantitative estimate of drug-likeness (QED) is 0.470. The first kappa shape index (κ1) is 22.1. The SMILES string of the molecule is CCC(NC(=O)C(C)SCc1nc2sc(C)c(C)c2c(=O)[nH]1)c1ccc(Br)cc1. The number of aryl methyl sites for hydroxylation is 2. The van der Waals surface area contributed by atoms with Crippen LogP contribution in [0.5, 0.6) is 0 Å². The van der Waals surface area contributed by atoms with E-state index in [1.165, 1.54) is 23.1 Å². The number of fused-ring (bicyclic) bond motifs is 1. The number of amides is 1. The Balaban J connectivity index is 1.64. The van der Waals surface area contributed by atoms with E-state index in [4.69, 9.17) is 0 Å². The summed E-state index contributed by atoms with van der Waals surface area (Å²) in [6.07, 6.45) is 0.813. The average molecular weight is 494 g/mol. The van der Waals surface area contributed by atoms with Crippen molar-refractivity contribution < 1.29 is 4.79 Å². The van der Waals surface area contributed by atoms with Crippen LogP contribution in [0.1, 0.15) is 48.1 Å². The summed E-state index contributed by atoms with van der Waals surface area (Å²) >= 11 is 6.44. The molecular weight excluding hydrogens is 470 g/mol. The minimum atomic E-state index is -0.257.